The fraction of sp³-hybridized carbons (Fsp3) is 0.983. The van der Waals surface area contributed by atoms with Crippen molar-refractivity contribution in [2.75, 3.05) is 53.3 Å². The SMILES string of the molecule is C.C.C.C.CCC(C)(C)CCCCCCOO.CCCCCCCCC(O)CCCCCCCC.CCCCCCCCCCCOCOCCCCCCN1C[C@@H](OC(=O)CCNC)C[C@H]1C.O. The smallest absolute Gasteiger partial charge is 0.307 e. The number of rotatable bonds is 45. The van der Waals surface area contributed by atoms with Gasteiger partial charge in [0, 0.05) is 38.8 Å². The summed E-state index contributed by atoms with van der Waals surface area (Å²) in [6, 6.07) is 0.498. The molecule has 0 unspecified atom stereocenters. The van der Waals surface area contributed by atoms with E-state index in [4.69, 9.17) is 19.5 Å². The molecule has 0 bridgehead atoms. The van der Waals surface area contributed by atoms with Gasteiger partial charge in [-0.2, -0.15) is 0 Å². The van der Waals surface area contributed by atoms with Crippen LogP contribution in [0.15, 0.2) is 0 Å². The fourth-order valence-electron chi connectivity index (χ4n) is 8.24. The Morgan fingerprint density at radius 3 is 1.46 bits per heavy atom. The molecule has 0 radical (unpaired) electrons. The summed E-state index contributed by atoms with van der Waals surface area (Å²) in [5, 5.41) is 20.9. The van der Waals surface area contributed by atoms with Gasteiger partial charge in [-0.25, -0.2) is 4.89 Å². The van der Waals surface area contributed by atoms with Crippen molar-refractivity contribution in [1.29, 1.82) is 0 Å². The van der Waals surface area contributed by atoms with Crippen LogP contribution < -0.4 is 5.32 Å². The number of hydrogen-bond donors (Lipinski definition) is 3. The van der Waals surface area contributed by atoms with Crippen molar-refractivity contribution in [1.82, 2.24) is 10.2 Å². The number of hydrogen-bond acceptors (Lipinski definition) is 9. The molecule has 1 aliphatic heterocycles. The van der Waals surface area contributed by atoms with Crippen LogP contribution in [0.5, 0.6) is 0 Å². The van der Waals surface area contributed by atoms with Gasteiger partial charge in [0.15, 0.2) is 0 Å². The highest BCUT2D eigenvalue weighted by molar-refractivity contribution is 5.69. The number of carbonyl (C=O) groups is 1. The lowest BCUT2D eigenvalue weighted by atomic mass is 9.84. The molecular formula is C59H132N2O8. The van der Waals surface area contributed by atoms with Crippen LogP contribution in [0, 0.1) is 5.41 Å². The van der Waals surface area contributed by atoms with Crippen molar-refractivity contribution in [2.24, 2.45) is 5.41 Å². The molecule has 1 aliphatic rings. The topological polar surface area (TPSA) is 141 Å². The number of unbranched alkanes of at least 4 members (excludes halogenated alkanes) is 24. The number of carbonyl (C=O) groups excluding carboxylic acids is 1. The summed E-state index contributed by atoms with van der Waals surface area (Å²) < 4.78 is 16.8. The number of likely N-dealkylation sites (tertiary alicyclic amines) is 1. The first kappa shape index (κ1) is 82.2. The van der Waals surface area contributed by atoms with Crippen molar-refractivity contribution in [3.8, 4) is 0 Å². The minimum Gasteiger partial charge on any atom is -0.461 e. The quantitative estimate of drug-likeness (QED) is 0.0179. The van der Waals surface area contributed by atoms with Crippen molar-refractivity contribution < 1.29 is 39.7 Å². The molecule has 69 heavy (non-hydrogen) atoms. The van der Waals surface area contributed by atoms with E-state index in [9.17, 15) is 9.90 Å². The molecule has 0 aliphatic carbocycles. The Morgan fingerprint density at radius 1 is 0.623 bits per heavy atom. The van der Waals surface area contributed by atoms with E-state index in [0.29, 0.717) is 37.8 Å². The van der Waals surface area contributed by atoms with E-state index in [1.54, 1.807) is 0 Å². The second-order valence-corrected chi connectivity index (χ2v) is 20.0. The summed E-state index contributed by atoms with van der Waals surface area (Å²) in [6.45, 7) is 21.1. The number of esters is 1. The third-order valence-corrected chi connectivity index (χ3v) is 13.2. The Kier molecular flexibility index (Phi) is 77.6. The predicted molar refractivity (Wildman–Crippen MR) is 305 cm³/mol. The van der Waals surface area contributed by atoms with Crippen LogP contribution >= 0.6 is 0 Å². The highest BCUT2D eigenvalue weighted by atomic mass is 17.1. The standard InChI is InChI=1S/C27H54N2O4.C17H36O.C11H24O2.4CH4.H2O/c1-4-5-6-7-8-9-10-12-15-20-31-24-32-21-16-13-11-14-19-29-23-26(22-25(29)2)33-27(30)17-18-28-3;1-3-5-7-9-11-13-15-17(18)16-14-12-10-8-6-4-2;1-4-11(2,3)9-7-5-6-8-10-13-12;;;;;/h25-26,28H,4-24H2,1-3H3;17-18H,3-16H2,1-2H3;12H,4-10H2,1-3H3;4*1H4;1H2/t25-,26+;;;;;;;/m1......./s1. The van der Waals surface area contributed by atoms with E-state index in [-0.39, 0.29) is 53.4 Å². The van der Waals surface area contributed by atoms with Gasteiger partial charge in [0.2, 0.25) is 0 Å². The van der Waals surface area contributed by atoms with E-state index in [0.717, 1.165) is 64.8 Å². The average molecular weight is 998 g/mol. The number of nitrogens with one attached hydrogen (secondary N) is 1. The maximum absolute atomic E-state index is 11.8. The maximum atomic E-state index is 11.8. The molecule has 0 saturated carbocycles. The van der Waals surface area contributed by atoms with Gasteiger partial charge in [-0.1, -0.05) is 238 Å². The van der Waals surface area contributed by atoms with Gasteiger partial charge >= 0.3 is 5.97 Å². The van der Waals surface area contributed by atoms with E-state index in [2.05, 4.69) is 63.6 Å². The van der Waals surface area contributed by atoms with Crippen LogP contribution in [0.25, 0.3) is 0 Å². The zero-order valence-corrected chi connectivity index (χ0v) is 44.8. The third-order valence-electron chi connectivity index (χ3n) is 13.2. The summed E-state index contributed by atoms with van der Waals surface area (Å²) in [6.07, 6.45) is 43.5. The van der Waals surface area contributed by atoms with E-state index in [1.807, 2.05) is 7.05 Å². The molecule has 0 aromatic heterocycles. The van der Waals surface area contributed by atoms with Crippen LogP contribution in [-0.4, -0.2) is 98.3 Å². The molecule has 0 amide bonds. The minimum atomic E-state index is -0.0828. The molecule has 1 heterocycles. The number of aliphatic hydroxyl groups excluding tert-OH is 1. The monoisotopic (exact) mass is 997 g/mol. The average Bonchev–Trinajstić information content (AvgIpc) is 3.63. The lowest BCUT2D eigenvalue weighted by molar-refractivity contribution is -0.242. The Bertz CT molecular complexity index is 898. The summed E-state index contributed by atoms with van der Waals surface area (Å²) in [5.41, 5.74) is 0.507. The zero-order valence-electron chi connectivity index (χ0n) is 44.8. The van der Waals surface area contributed by atoms with Gasteiger partial charge in [-0.15, -0.1) is 0 Å². The number of nitrogens with zero attached hydrogens (tertiary/aromatic N) is 1. The molecule has 1 fully saturated rings. The number of aliphatic hydroxyl groups is 1. The number of ether oxygens (including phenoxy) is 3. The second-order valence-electron chi connectivity index (χ2n) is 20.0. The lowest BCUT2D eigenvalue weighted by Gasteiger charge is -2.22. The first-order valence-corrected chi connectivity index (χ1v) is 27.8. The molecular weight excluding hydrogens is 865 g/mol. The predicted octanol–water partition coefficient (Wildman–Crippen LogP) is 17.1. The van der Waals surface area contributed by atoms with Crippen LogP contribution in [0.3, 0.4) is 0 Å². The summed E-state index contributed by atoms with van der Waals surface area (Å²) in [5.74, 6) is -0.0828. The Morgan fingerprint density at radius 2 is 1.03 bits per heavy atom. The van der Waals surface area contributed by atoms with Crippen molar-refractivity contribution in [2.45, 2.75) is 321 Å². The second kappa shape index (κ2) is 65.2. The highest BCUT2D eigenvalue weighted by Gasteiger charge is 2.30. The Hall–Kier alpha value is -0.850. The zero-order chi connectivity index (χ0) is 47.6. The van der Waals surface area contributed by atoms with Crippen LogP contribution in [0.1, 0.15) is 303 Å². The van der Waals surface area contributed by atoms with Crippen LogP contribution in [0.2, 0.25) is 0 Å². The maximum Gasteiger partial charge on any atom is 0.307 e. The first-order valence-electron chi connectivity index (χ1n) is 27.8. The summed E-state index contributed by atoms with van der Waals surface area (Å²) in [4.78, 5) is 18.3. The molecule has 5 N–H and O–H groups in total. The van der Waals surface area contributed by atoms with Crippen molar-refractivity contribution in [3.63, 3.8) is 0 Å². The molecule has 1 rings (SSSR count). The van der Waals surface area contributed by atoms with Crippen LogP contribution in [-0.2, 0) is 23.9 Å². The normalized spacial score (nSPS) is 14.2. The minimum absolute atomic E-state index is 0. The van der Waals surface area contributed by atoms with Gasteiger partial charge in [-0.05, 0) is 70.9 Å². The van der Waals surface area contributed by atoms with Crippen LogP contribution in [0.4, 0.5) is 0 Å². The molecule has 0 spiro atoms. The molecule has 426 valence electrons. The lowest BCUT2D eigenvalue weighted by Crippen LogP contribution is -2.29. The molecule has 10 heteroatoms. The molecule has 10 nitrogen and oxygen atoms in total. The van der Waals surface area contributed by atoms with Crippen molar-refractivity contribution >= 4 is 5.97 Å². The van der Waals surface area contributed by atoms with Gasteiger partial charge < -0.3 is 30.1 Å². The Balaban J connectivity index is -0.000000182. The van der Waals surface area contributed by atoms with Gasteiger partial charge in [0.25, 0.3) is 0 Å². The fourth-order valence-corrected chi connectivity index (χ4v) is 8.24. The summed E-state index contributed by atoms with van der Waals surface area (Å²) in [7, 11) is 1.85. The molecule has 0 aromatic carbocycles. The third kappa shape index (κ3) is 63.2. The molecule has 2 atom stereocenters. The Labute approximate surface area is 434 Å². The molecule has 1 saturated heterocycles. The van der Waals surface area contributed by atoms with Gasteiger partial charge in [0.1, 0.15) is 12.9 Å². The summed E-state index contributed by atoms with van der Waals surface area (Å²) >= 11 is 0. The first-order chi connectivity index (χ1) is 31.1. The van der Waals surface area contributed by atoms with E-state index in [1.165, 1.54) is 180 Å². The highest BCUT2D eigenvalue weighted by Crippen LogP contribution is 2.27. The largest absolute Gasteiger partial charge is 0.461 e. The van der Waals surface area contributed by atoms with Gasteiger partial charge in [-0.3, -0.25) is 15.0 Å². The molecule has 0 aromatic rings. The van der Waals surface area contributed by atoms with E-state index < -0.39 is 0 Å². The van der Waals surface area contributed by atoms with Gasteiger partial charge in [0.05, 0.1) is 19.1 Å². The van der Waals surface area contributed by atoms with E-state index >= 15 is 0 Å². The van der Waals surface area contributed by atoms with Crippen molar-refractivity contribution in [3.05, 3.63) is 0 Å².